The highest BCUT2D eigenvalue weighted by molar-refractivity contribution is 7.89. The van der Waals surface area contributed by atoms with Gasteiger partial charge in [0.1, 0.15) is 11.6 Å². The Kier molecular flexibility index (Phi) is 5.27. The van der Waals surface area contributed by atoms with Crippen molar-refractivity contribution in [2.75, 3.05) is 13.4 Å². The van der Waals surface area contributed by atoms with E-state index in [9.17, 15) is 22.0 Å². The molecule has 2 aromatic carbocycles. The lowest BCUT2D eigenvalue weighted by Crippen LogP contribution is -2.29. The molecule has 0 unspecified atom stereocenters. The van der Waals surface area contributed by atoms with Crippen LogP contribution in [0.25, 0.3) is 0 Å². The average Bonchev–Trinajstić information content (AvgIpc) is 2.51. The summed E-state index contributed by atoms with van der Waals surface area (Å²) in [4.78, 5) is 11.9. The number of nitrogens with one attached hydrogen (secondary N) is 1. The molecule has 0 aliphatic heterocycles. The second-order valence-electron chi connectivity index (χ2n) is 5.17. The minimum Gasteiger partial charge on any atom is -0.493 e. The fourth-order valence-corrected chi connectivity index (χ4v) is 2.47. The summed E-state index contributed by atoms with van der Waals surface area (Å²) in [7, 11) is -2.69. The Hall–Kier alpha value is -2.68. The maximum absolute atomic E-state index is 14.5. The van der Waals surface area contributed by atoms with Gasteiger partial charge in [-0.25, -0.2) is 17.5 Å². The smallest absolute Gasteiger partial charge is 0.268 e. The van der Waals surface area contributed by atoms with Gasteiger partial charge in [-0.2, -0.15) is 4.39 Å². The van der Waals surface area contributed by atoms with Gasteiger partial charge < -0.3 is 9.47 Å². The Morgan fingerprint density at radius 1 is 1.16 bits per heavy atom. The molecule has 9 heteroatoms. The van der Waals surface area contributed by atoms with Crippen molar-refractivity contribution in [2.45, 2.75) is 6.92 Å². The van der Waals surface area contributed by atoms with Crippen molar-refractivity contribution in [1.82, 2.24) is 4.72 Å². The first kappa shape index (κ1) is 18.7. The number of amides is 1. The quantitative estimate of drug-likeness (QED) is 0.874. The average molecular weight is 371 g/mol. The molecule has 2 aromatic rings. The lowest BCUT2D eigenvalue weighted by Gasteiger charge is -2.13. The van der Waals surface area contributed by atoms with E-state index >= 15 is 0 Å². The summed E-state index contributed by atoms with van der Waals surface area (Å²) >= 11 is 0. The number of aryl methyl sites for hydroxylation is 1. The first-order valence-electron chi connectivity index (χ1n) is 6.95. The molecule has 0 aliphatic carbocycles. The lowest BCUT2D eigenvalue weighted by molar-refractivity contribution is 0.0977. The molecule has 0 saturated heterocycles. The molecule has 0 heterocycles. The largest absolute Gasteiger partial charge is 0.493 e. The Labute approximate surface area is 143 Å². The van der Waals surface area contributed by atoms with Crippen LogP contribution in [0.3, 0.4) is 0 Å². The molecule has 25 heavy (non-hydrogen) atoms. The van der Waals surface area contributed by atoms with Gasteiger partial charge in [-0.05, 0) is 42.8 Å². The predicted octanol–water partition coefficient (Wildman–Crippen LogP) is 2.76. The fourth-order valence-electron chi connectivity index (χ4n) is 2.03. The van der Waals surface area contributed by atoms with Gasteiger partial charge >= 0.3 is 0 Å². The molecular formula is C16H15F2NO5S. The number of ether oxygens (including phenoxy) is 2. The van der Waals surface area contributed by atoms with Gasteiger partial charge in [0.25, 0.3) is 5.91 Å². The fraction of sp³-hybridized carbons (Fsp3) is 0.188. The van der Waals surface area contributed by atoms with Gasteiger partial charge in [-0.3, -0.25) is 4.79 Å². The van der Waals surface area contributed by atoms with Crippen molar-refractivity contribution in [3.8, 4) is 17.2 Å². The zero-order chi connectivity index (χ0) is 18.8. The third-order valence-electron chi connectivity index (χ3n) is 3.15. The zero-order valence-corrected chi connectivity index (χ0v) is 14.4. The summed E-state index contributed by atoms with van der Waals surface area (Å²) in [5.74, 6) is -3.02. The third kappa shape index (κ3) is 4.44. The van der Waals surface area contributed by atoms with Crippen LogP contribution in [0.15, 0.2) is 30.3 Å². The zero-order valence-electron chi connectivity index (χ0n) is 13.6. The van der Waals surface area contributed by atoms with Crippen molar-refractivity contribution in [2.24, 2.45) is 0 Å². The van der Waals surface area contributed by atoms with Gasteiger partial charge in [0.2, 0.25) is 15.8 Å². The molecule has 1 N–H and O–H groups in total. The number of carbonyl (C=O) groups excluding carboxylic acids is 1. The molecule has 0 atom stereocenters. The van der Waals surface area contributed by atoms with Crippen LogP contribution >= 0.6 is 0 Å². The van der Waals surface area contributed by atoms with Crippen molar-refractivity contribution >= 4 is 15.9 Å². The van der Waals surface area contributed by atoms with Crippen LogP contribution in [-0.4, -0.2) is 27.7 Å². The van der Waals surface area contributed by atoms with Gasteiger partial charge in [0.15, 0.2) is 11.5 Å². The van der Waals surface area contributed by atoms with E-state index in [2.05, 4.69) is 0 Å². The molecule has 0 spiro atoms. The number of methoxy groups -OCH3 is 1. The second kappa shape index (κ2) is 7.06. The number of rotatable bonds is 5. The van der Waals surface area contributed by atoms with Crippen LogP contribution in [0.2, 0.25) is 0 Å². The molecule has 0 aliphatic rings. The van der Waals surface area contributed by atoms with Crippen molar-refractivity contribution < 1.29 is 31.5 Å². The summed E-state index contributed by atoms with van der Waals surface area (Å²) in [5.41, 5.74) is 0.00193. The van der Waals surface area contributed by atoms with E-state index in [4.69, 9.17) is 9.47 Å². The summed E-state index contributed by atoms with van der Waals surface area (Å²) in [6, 6.07) is 6.18. The number of hydrogen-bond acceptors (Lipinski definition) is 5. The molecule has 134 valence electrons. The maximum Gasteiger partial charge on any atom is 0.268 e. The van der Waals surface area contributed by atoms with Gasteiger partial charge in [-0.15, -0.1) is 0 Å². The van der Waals surface area contributed by atoms with Crippen LogP contribution in [0.5, 0.6) is 17.2 Å². The molecule has 0 radical (unpaired) electrons. The maximum atomic E-state index is 14.5. The monoisotopic (exact) mass is 371 g/mol. The van der Waals surface area contributed by atoms with Crippen molar-refractivity contribution in [3.05, 3.63) is 53.1 Å². The lowest BCUT2D eigenvalue weighted by atomic mass is 10.1. The summed E-state index contributed by atoms with van der Waals surface area (Å²) < 4.78 is 62.0. The van der Waals surface area contributed by atoms with Crippen molar-refractivity contribution in [1.29, 1.82) is 0 Å². The molecule has 0 bridgehead atoms. The van der Waals surface area contributed by atoms with Gasteiger partial charge in [0.05, 0.1) is 18.9 Å². The molecule has 0 fully saturated rings. The highest BCUT2D eigenvalue weighted by Crippen LogP contribution is 2.33. The first-order valence-corrected chi connectivity index (χ1v) is 8.84. The normalized spacial score (nSPS) is 11.1. The number of halogens is 2. The minimum absolute atomic E-state index is 0.188. The van der Waals surface area contributed by atoms with E-state index in [1.807, 2.05) is 0 Å². The second-order valence-corrected chi connectivity index (χ2v) is 6.92. The summed E-state index contributed by atoms with van der Waals surface area (Å²) in [6.45, 7) is 1.53. The topological polar surface area (TPSA) is 81.7 Å². The van der Waals surface area contributed by atoms with E-state index < -0.39 is 33.3 Å². The molecule has 0 aromatic heterocycles. The van der Waals surface area contributed by atoms with Crippen LogP contribution < -0.4 is 14.2 Å². The third-order valence-corrected chi connectivity index (χ3v) is 3.70. The Morgan fingerprint density at radius 3 is 2.40 bits per heavy atom. The van der Waals surface area contributed by atoms with E-state index in [0.29, 0.717) is 5.56 Å². The van der Waals surface area contributed by atoms with E-state index in [1.54, 1.807) is 4.72 Å². The van der Waals surface area contributed by atoms with E-state index in [-0.39, 0.29) is 17.1 Å². The van der Waals surface area contributed by atoms with Crippen molar-refractivity contribution in [3.63, 3.8) is 0 Å². The number of carbonyl (C=O) groups is 1. The van der Waals surface area contributed by atoms with Gasteiger partial charge in [-0.1, -0.05) is 0 Å². The van der Waals surface area contributed by atoms with Gasteiger partial charge in [0, 0.05) is 0 Å². The summed E-state index contributed by atoms with van der Waals surface area (Å²) in [6.07, 6.45) is 0.794. The first-order chi connectivity index (χ1) is 11.6. The predicted molar refractivity (Wildman–Crippen MR) is 86.5 cm³/mol. The SMILES string of the molecule is COc1c(C(=O)NS(C)(=O)=O)ccc(Oc2ccc(F)c(C)c2)c1F. The molecule has 1 amide bonds. The number of benzene rings is 2. The molecule has 2 rings (SSSR count). The standard InChI is InChI=1S/C16H15F2NO5S/c1-9-8-10(4-6-12(9)17)24-13-7-5-11(15(23-2)14(13)18)16(20)19-25(3,21)22/h4-8H,1-3H3,(H,19,20). The van der Waals surface area contributed by atoms with Crippen LogP contribution in [0.4, 0.5) is 8.78 Å². The summed E-state index contributed by atoms with van der Waals surface area (Å²) in [5, 5.41) is 0. The Balaban J connectivity index is 2.39. The highest BCUT2D eigenvalue weighted by Gasteiger charge is 2.22. The Bertz CT molecular complexity index is 928. The Morgan fingerprint density at radius 2 is 1.84 bits per heavy atom. The minimum atomic E-state index is -3.82. The molecule has 6 nitrogen and oxygen atoms in total. The van der Waals surface area contributed by atoms with E-state index in [0.717, 1.165) is 25.5 Å². The van der Waals surface area contributed by atoms with Crippen LogP contribution in [-0.2, 0) is 10.0 Å². The van der Waals surface area contributed by atoms with E-state index in [1.165, 1.54) is 25.1 Å². The molecular weight excluding hydrogens is 356 g/mol. The number of hydrogen-bond donors (Lipinski definition) is 1. The highest BCUT2D eigenvalue weighted by atomic mass is 32.2. The number of sulfonamides is 1. The van der Waals surface area contributed by atoms with Crippen LogP contribution in [0, 0.1) is 18.6 Å². The van der Waals surface area contributed by atoms with Crippen LogP contribution in [0.1, 0.15) is 15.9 Å². The molecule has 0 saturated carbocycles.